The van der Waals surface area contributed by atoms with Gasteiger partial charge in [0.2, 0.25) is 5.88 Å². The normalized spacial score (nSPS) is 11.1. The van der Waals surface area contributed by atoms with Crippen LogP contribution in [0.2, 0.25) is 0 Å². The van der Waals surface area contributed by atoms with Crippen LogP contribution in [0.1, 0.15) is 17.2 Å². The molecular formula is C16H15N7O. The lowest BCUT2D eigenvalue weighted by Crippen LogP contribution is -2.09. The molecule has 24 heavy (non-hydrogen) atoms. The summed E-state index contributed by atoms with van der Waals surface area (Å²) in [6, 6.07) is 11.6. The lowest BCUT2D eigenvalue weighted by atomic mass is 10.2. The monoisotopic (exact) mass is 321 g/mol. The Kier molecular flexibility index (Phi) is 3.42. The number of para-hydroxylation sites is 1. The van der Waals surface area contributed by atoms with Gasteiger partial charge in [-0.3, -0.25) is 0 Å². The molecule has 0 spiro atoms. The first-order valence-electron chi connectivity index (χ1n) is 7.49. The number of rotatable bonds is 4. The minimum Gasteiger partial charge on any atom is -0.468 e. The van der Waals surface area contributed by atoms with Crippen molar-refractivity contribution in [3.8, 4) is 11.6 Å². The zero-order valence-corrected chi connectivity index (χ0v) is 13.3. The topological polar surface area (TPSA) is 83.0 Å². The summed E-state index contributed by atoms with van der Waals surface area (Å²) in [5, 5.41) is 16.5. The van der Waals surface area contributed by atoms with Crippen LogP contribution in [0.4, 0.5) is 0 Å². The van der Waals surface area contributed by atoms with Gasteiger partial charge in [0.25, 0.3) is 0 Å². The van der Waals surface area contributed by atoms with Crippen LogP contribution in [0.25, 0.3) is 11.3 Å². The molecule has 0 saturated carbocycles. The lowest BCUT2D eigenvalue weighted by molar-refractivity contribution is 0.276. The second-order valence-corrected chi connectivity index (χ2v) is 5.37. The summed E-state index contributed by atoms with van der Waals surface area (Å²) in [6.07, 6.45) is 1.53. The SMILES string of the molecule is Cc1nc(COc2ccc3nncn3n2)n(-c2ccccc2C)n1. The van der Waals surface area contributed by atoms with Gasteiger partial charge in [-0.15, -0.1) is 15.3 Å². The maximum absolute atomic E-state index is 5.77. The second-order valence-electron chi connectivity index (χ2n) is 5.37. The van der Waals surface area contributed by atoms with Crippen molar-refractivity contribution in [2.24, 2.45) is 0 Å². The van der Waals surface area contributed by atoms with E-state index in [0.717, 1.165) is 11.3 Å². The van der Waals surface area contributed by atoms with E-state index in [2.05, 4.69) is 25.4 Å². The fraction of sp³-hybridized carbons (Fsp3) is 0.188. The second kappa shape index (κ2) is 5.73. The highest BCUT2D eigenvalue weighted by Gasteiger charge is 2.12. The van der Waals surface area contributed by atoms with Crippen LogP contribution in [-0.4, -0.2) is 34.6 Å². The summed E-state index contributed by atoms with van der Waals surface area (Å²) in [5.74, 6) is 1.88. The van der Waals surface area contributed by atoms with Crippen molar-refractivity contribution in [1.29, 1.82) is 0 Å². The van der Waals surface area contributed by atoms with Gasteiger partial charge in [-0.1, -0.05) is 18.2 Å². The third kappa shape index (κ3) is 2.58. The van der Waals surface area contributed by atoms with Gasteiger partial charge in [0.1, 0.15) is 18.8 Å². The van der Waals surface area contributed by atoms with E-state index in [1.54, 1.807) is 16.6 Å². The summed E-state index contributed by atoms with van der Waals surface area (Å²) in [5.41, 5.74) is 2.77. The molecule has 0 aliphatic carbocycles. The number of aryl methyl sites for hydroxylation is 2. The molecule has 4 aromatic rings. The predicted octanol–water partition coefficient (Wildman–Crippen LogP) is 1.90. The van der Waals surface area contributed by atoms with E-state index in [-0.39, 0.29) is 6.61 Å². The molecule has 0 N–H and O–H groups in total. The van der Waals surface area contributed by atoms with E-state index in [4.69, 9.17) is 4.74 Å². The first-order chi connectivity index (χ1) is 11.7. The van der Waals surface area contributed by atoms with Crippen LogP contribution in [0.15, 0.2) is 42.7 Å². The molecule has 1 aromatic carbocycles. The maximum atomic E-state index is 5.77. The van der Waals surface area contributed by atoms with Crippen molar-refractivity contribution in [1.82, 2.24) is 34.6 Å². The average molecular weight is 321 g/mol. The Balaban J connectivity index is 1.62. The number of aromatic nitrogens is 7. The van der Waals surface area contributed by atoms with Crippen molar-refractivity contribution in [2.75, 3.05) is 0 Å². The van der Waals surface area contributed by atoms with Crippen LogP contribution >= 0.6 is 0 Å². The molecule has 3 aromatic heterocycles. The minimum absolute atomic E-state index is 0.260. The van der Waals surface area contributed by atoms with Crippen molar-refractivity contribution in [3.05, 3.63) is 59.9 Å². The van der Waals surface area contributed by atoms with Crippen LogP contribution in [0, 0.1) is 13.8 Å². The molecule has 0 fully saturated rings. The van der Waals surface area contributed by atoms with Gasteiger partial charge >= 0.3 is 0 Å². The molecule has 8 heteroatoms. The van der Waals surface area contributed by atoms with Crippen LogP contribution in [0.3, 0.4) is 0 Å². The van der Waals surface area contributed by atoms with Gasteiger partial charge in [0.15, 0.2) is 11.5 Å². The number of benzene rings is 1. The highest BCUT2D eigenvalue weighted by molar-refractivity contribution is 5.40. The van der Waals surface area contributed by atoms with Gasteiger partial charge in [-0.25, -0.2) is 9.67 Å². The Morgan fingerprint density at radius 3 is 2.79 bits per heavy atom. The number of hydrogen-bond donors (Lipinski definition) is 0. The van der Waals surface area contributed by atoms with Crippen molar-refractivity contribution >= 4 is 5.65 Å². The van der Waals surface area contributed by atoms with Crippen molar-refractivity contribution in [2.45, 2.75) is 20.5 Å². The Morgan fingerprint density at radius 1 is 1.04 bits per heavy atom. The van der Waals surface area contributed by atoms with E-state index in [1.807, 2.05) is 42.8 Å². The molecule has 120 valence electrons. The lowest BCUT2D eigenvalue weighted by Gasteiger charge is -2.09. The van der Waals surface area contributed by atoms with E-state index in [1.165, 1.54) is 6.33 Å². The summed E-state index contributed by atoms with van der Waals surface area (Å²) in [7, 11) is 0. The Labute approximate surface area is 137 Å². The fourth-order valence-corrected chi connectivity index (χ4v) is 2.47. The molecule has 0 aliphatic heterocycles. The van der Waals surface area contributed by atoms with Crippen LogP contribution < -0.4 is 4.74 Å². The molecule has 0 amide bonds. The molecule has 0 radical (unpaired) electrons. The maximum Gasteiger partial charge on any atom is 0.232 e. The number of ether oxygens (including phenoxy) is 1. The molecule has 0 atom stereocenters. The van der Waals surface area contributed by atoms with Gasteiger partial charge in [0.05, 0.1) is 5.69 Å². The molecule has 4 rings (SSSR count). The molecule has 0 bridgehead atoms. The average Bonchev–Trinajstić information content (AvgIpc) is 3.19. The molecule has 0 aliphatic rings. The molecule has 0 saturated heterocycles. The van der Waals surface area contributed by atoms with Crippen LogP contribution in [0.5, 0.6) is 5.88 Å². The summed E-state index contributed by atoms with van der Waals surface area (Å²) < 4.78 is 9.14. The smallest absolute Gasteiger partial charge is 0.232 e. The van der Waals surface area contributed by atoms with Gasteiger partial charge in [-0.2, -0.15) is 9.61 Å². The number of nitrogens with zero attached hydrogens (tertiary/aromatic N) is 7. The van der Waals surface area contributed by atoms with Gasteiger partial charge < -0.3 is 4.74 Å². The van der Waals surface area contributed by atoms with E-state index >= 15 is 0 Å². The van der Waals surface area contributed by atoms with E-state index in [0.29, 0.717) is 23.2 Å². The third-order valence-corrected chi connectivity index (χ3v) is 3.61. The van der Waals surface area contributed by atoms with Crippen molar-refractivity contribution < 1.29 is 4.74 Å². The first-order valence-corrected chi connectivity index (χ1v) is 7.49. The molecular weight excluding hydrogens is 306 g/mol. The Hall–Kier alpha value is -3.29. The van der Waals surface area contributed by atoms with E-state index in [9.17, 15) is 0 Å². The highest BCUT2D eigenvalue weighted by atomic mass is 16.5. The minimum atomic E-state index is 0.260. The predicted molar refractivity (Wildman–Crippen MR) is 85.9 cm³/mol. The number of hydrogen-bond acceptors (Lipinski definition) is 6. The summed E-state index contributed by atoms with van der Waals surface area (Å²) in [6.45, 7) is 4.16. The first kappa shape index (κ1) is 14.3. The van der Waals surface area contributed by atoms with E-state index < -0.39 is 0 Å². The van der Waals surface area contributed by atoms with Crippen LogP contribution in [-0.2, 0) is 6.61 Å². The van der Waals surface area contributed by atoms with Gasteiger partial charge in [0, 0.05) is 6.07 Å². The zero-order valence-electron chi connectivity index (χ0n) is 13.3. The molecule has 0 unspecified atom stereocenters. The quantitative estimate of drug-likeness (QED) is 0.571. The largest absolute Gasteiger partial charge is 0.468 e. The zero-order chi connectivity index (χ0) is 16.5. The fourth-order valence-electron chi connectivity index (χ4n) is 2.47. The number of fused-ring (bicyclic) bond motifs is 1. The summed E-state index contributed by atoms with van der Waals surface area (Å²) in [4.78, 5) is 4.46. The molecule has 8 nitrogen and oxygen atoms in total. The van der Waals surface area contributed by atoms with Gasteiger partial charge in [-0.05, 0) is 31.5 Å². The third-order valence-electron chi connectivity index (χ3n) is 3.61. The Bertz CT molecular complexity index is 1000. The Morgan fingerprint density at radius 2 is 1.92 bits per heavy atom. The summed E-state index contributed by atoms with van der Waals surface area (Å²) >= 11 is 0. The highest BCUT2D eigenvalue weighted by Crippen LogP contribution is 2.16. The van der Waals surface area contributed by atoms with Crippen molar-refractivity contribution in [3.63, 3.8) is 0 Å². The molecule has 3 heterocycles. The standard InChI is InChI=1S/C16H15N7O/c1-11-5-3-4-6-13(11)23-15(18-12(2)20-23)9-24-16-8-7-14-19-17-10-22(14)21-16/h3-8,10H,9H2,1-2H3.